The number of nitrogens with one attached hydrogen (secondary N) is 2. The highest BCUT2D eigenvalue weighted by Crippen LogP contribution is 2.18. The summed E-state index contributed by atoms with van der Waals surface area (Å²) < 4.78 is 12.9. The largest absolute Gasteiger partial charge is 0.354 e. The van der Waals surface area contributed by atoms with Crippen LogP contribution in [0.25, 0.3) is 0 Å². The Balaban J connectivity index is 1.73. The molecule has 1 unspecified atom stereocenters. The lowest BCUT2D eigenvalue weighted by Gasteiger charge is -2.21. The van der Waals surface area contributed by atoms with Gasteiger partial charge in [0.1, 0.15) is 11.9 Å². The normalized spacial score (nSPS) is 12.0. The van der Waals surface area contributed by atoms with Crippen LogP contribution < -0.4 is 10.6 Å². The summed E-state index contributed by atoms with van der Waals surface area (Å²) in [5, 5.41) is 7.53. The van der Waals surface area contributed by atoms with Crippen molar-refractivity contribution in [1.82, 2.24) is 10.6 Å². The van der Waals surface area contributed by atoms with Gasteiger partial charge >= 0.3 is 0 Å². The quantitative estimate of drug-likeness (QED) is 0.500. The van der Waals surface area contributed by atoms with Crippen molar-refractivity contribution in [3.05, 3.63) is 52.5 Å². The summed E-state index contributed by atoms with van der Waals surface area (Å²) in [6, 6.07) is 9.35. The highest BCUT2D eigenvalue weighted by atomic mass is 32.2. The zero-order chi connectivity index (χ0) is 18.9. The fourth-order valence-electron chi connectivity index (χ4n) is 2.27. The minimum Gasteiger partial charge on any atom is -0.354 e. The summed E-state index contributed by atoms with van der Waals surface area (Å²) in [4.78, 5) is 26.2. The maximum absolute atomic E-state index is 12.9. The number of hydrogen-bond acceptors (Lipinski definition) is 4. The lowest BCUT2D eigenvalue weighted by atomic mass is 10.0. The third-order valence-electron chi connectivity index (χ3n) is 3.68. The van der Waals surface area contributed by atoms with Gasteiger partial charge in [-0.1, -0.05) is 19.9 Å². The van der Waals surface area contributed by atoms with Crippen LogP contribution in [0.15, 0.2) is 46.7 Å². The molecule has 140 valence electrons. The Kier molecular flexibility index (Phi) is 8.12. The molecule has 0 aliphatic heterocycles. The number of benzene rings is 1. The number of halogens is 1. The number of thiophene rings is 1. The second kappa shape index (κ2) is 10.3. The highest BCUT2D eigenvalue weighted by Gasteiger charge is 2.24. The van der Waals surface area contributed by atoms with Gasteiger partial charge in [-0.3, -0.25) is 9.59 Å². The van der Waals surface area contributed by atoms with E-state index < -0.39 is 6.04 Å². The van der Waals surface area contributed by atoms with Gasteiger partial charge in [0.2, 0.25) is 5.91 Å². The molecule has 0 radical (unpaired) electrons. The van der Waals surface area contributed by atoms with Gasteiger partial charge in [0, 0.05) is 11.4 Å². The van der Waals surface area contributed by atoms with Gasteiger partial charge in [0.05, 0.1) is 4.88 Å². The Morgan fingerprint density at radius 3 is 2.54 bits per heavy atom. The van der Waals surface area contributed by atoms with Crippen LogP contribution >= 0.6 is 23.1 Å². The molecule has 0 bridgehead atoms. The third kappa shape index (κ3) is 6.46. The minimum atomic E-state index is -0.561. The smallest absolute Gasteiger partial charge is 0.262 e. The first-order valence-electron chi connectivity index (χ1n) is 8.48. The molecular formula is C19H23FN2O2S2. The maximum atomic E-state index is 12.9. The lowest BCUT2D eigenvalue weighted by Crippen LogP contribution is -2.49. The predicted molar refractivity (Wildman–Crippen MR) is 105 cm³/mol. The first kappa shape index (κ1) is 20.5. The first-order chi connectivity index (χ1) is 12.5. The van der Waals surface area contributed by atoms with Crippen LogP contribution in [0.1, 0.15) is 29.9 Å². The molecule has 26 heavy (non-hydrogen) atoms. The topological polar surface area (TPSA) is 58.2 Å². The van der Waals surface area contributed by atoms with Crippen LogP contribution in [0.5, 0.6) is 0 Å². The van der Waals surface area contributed by atoms with E-state index in [1.54, 1.807) is 30.0 Å². The Labute approximate surface area is 161 Å². The van der Waals surface area contributed by atoms with Crippen LogP contribution in [0.3, 0.4) is 0 Å². The molecule has 4 nitrogen and oxygen atoms in total. The number of thioether (sulfide) groups is 1. The van der Waals surface area contributed by atoms with Crippen LogP contribution in [0, 0.1) is 11.7 Å². The molecule has 0 saturated carbocycles. The molecule has 0 spiro atoms. The summed E-state index contributed by atoms with van der Waals surface area (Å²) in [5.41, 5.74) is 0. The van der Waals surface area contributed by atoms with Crippen LogP contribution in [-0.4, -0.2) is 30.2 Å². The van der Waals surface area contributed by atoms with Crippen molar-refractivity contribution < 1.29 is 14.0 Å². The standard InChI is InChI=1S/C19H23FN2O2S2/c1-13(2)17(22-18(23)16-5-3-11-26-16)19(24)21-10-4-12-25-15-8-6-14(20)7-9-15/h3,5-9,11,13,17H,4,10,12H2,1-2H3,(H,21,24)(H,22,23). The van der Waals surface area contributed by atoms with E-state index in [1.807, 2.05) is 25.3 Å². The van der Waals surface area contributed by atoms with E-state index in [0.717, 1.165) is 17.1 Å². The maximum Gasteiger partial charge on any atom is 0.262 e. The number of hydrogen-bond donors (Lipinski definition) is 2. The highest BCUT2D eigenvalue weighted by molar-refractivity contribution is 7.99. The number of amides is 2. The summed E-state index contributed by atoms with van der Waals surface area (Å²) in [7, 11) is 0. The monoisotopic (exact) mass is 394 g/mol. The summed E-state index contributed by atoms with van der Waals surface area (Å²) in [6.07, 6.45) is 0.789. The summed E-state index contributed by atoms with van der Waals surface area (Å²) in [5.74, 6) is 0.177. The van der Waals surface area contributed by atoms with E-state index in [2.05, 4.69) is 10.6 Å². The molecule has 1 atom stereocenters. The third-order valence-corrected chi connectivity index (χ3v) is 5.65. The van der Waals surface area contributed by atoms with Crippen molar-refractivity contribution in [3.8, 4) is 0 Å². The van der Waals surface area contributed by atoms with E-state index >= 15 is 0 Å². The zero-order valence-electron chi connectivity index (χ0n) is 14.8. The van der Waals surface area contributed by atoms with Crippen LogP contribution in [-0.2, 0) is 4.79 Å². The van der Waals surface area contributed by atoms with Crippen molar-refractivity contribution in [2.24, 2.45) is 5.92 Å². The Morgan fingerprint density at radius 2 is 1.92 bits per heavy atom. The SMILES string of the molecule is CC(C)C(NC(=O)c1cccs1)C(=O)NCCCSc1ccc(F)cc1. The van der Waals surface area contributed by atoms with E-state index in [1.165, 1.54) is 23.5 Å². The molecule has 7 heteroatoms. The summed E-state index contributed by atoms with van der Waals surface area (Å²) >= 11 is 2.97. The molecule has 1 aromatic heterocycles. The number of carbonyl (C=O) groups is 2. The van der Waals surface area contributed by atoms with Gasteiger partial charge < -0.3 is 10.6 Å². The van der Waals surface area contributed by atoms with E-state index in [9.17, 15) is 14.0 Å². The lowest BCUT2D eigenvalue weighted by molar-refractivity contribution is -0.123. The van der Waals surface area contributed by atoms with E-state index in [-0.39, 0.29) is 23.5 Å². The molecule has 2 N–H and O–H groups in total. The second-order valence-electron chi connectivity index (χ2n) is 6.12. The van der Waals surface area contributed by atoms with Gasteiger partial charge in [-0.2, -0.15) is 0 Å². The molecule has 2 rings (SSSR count). The molecule has 0 aliphatic rings. The van der Waals surface area contributed by atoms with Crippen molar-refractivity contribution in [2.75, 3.05) is 12.3 Å². The van der Waals surface area contributed by atoms with Gasteiger partial charge in [-0.05, 0) is 53.8 Å². The van der Waals surface area contributed by atoms with Crippen molar-refractivity contribution in [3.63, 3.8) is 0 Å². The van der Waals surface area contributed by atoms with Crippen molar-refractivity contribution in [2.45, 2.75) is 31.2 Å². The fourth-order valence-corrected chi connectivity index (χ4v) is 3.75. The first-order valence-corrected chi connectivity index (χ1v) is 10.3. The van der Waals surface area contributed by atoms with E-state index in [4.69, 9.17) is 0 Å². The molecule has 1 heterocycles. The van der Waals surface area contributed by atoms with Crippen LogP contribution in [0.4, 0.5) is 4.39 Å². The Hall–Kier alpha value is -1.86. The molecule has 2 amide bonds. The van der Waals surface area contributed by atoms with Crippen LogP contribution in [0.2, 0.25) is 0 Å². The Bertz CT molecular complexity index is 703. The van der Waals surface area contributed by atoms with Gasteiger partial charge in [0.25, 0.3) is 5.91 Å². The molecule has 0 saturated heterocycles. The van der Waals surface area contributed by atoms with Gasteiger partial charge in [-0.25, -0.2) is 4.39 Å². The molecular weight excluding hydrogens is 371 g/mol. The average Bonchev–Trinajstić information content (AvgIpc) is 3.15. The number of carbonyl (C=O) groups excluding carboxylic acids is 2. The van der Waals surface area contributed by atoms with Gasteiger partial charge in [0.15, 0.2) is 0 Å². The number of rotatable bonds is 9. The second-order valence-corrected chi connectivity index (χ2v) is 8.24. The zero-order valence-corrected chi connectivity index (χ0v) is 16.5. The molecule has 0 fully saturated rings. The predicted octanol–water partition coefficient (Wildman–Crippen LogP) is 3.94. The van der Waals surface area contributed by atoms with E-state index in [0.29, 0.717) is 11.4 Å². The van der Waals surface area contributed by atoms with Gasteiger partial charge in [-0.15, -0.1) is 23.1 Å². The summed E-state index contributed by atoms with van der Waals surface area (Å²) in [6.45, 7) is 4.35. The molecule has 1 aromatic carbocycles. The fraction of sp³-hybridized carbons (Fsp3) is 0.368. The molecule has 2 aromatic rings. The average molecular weight is 395 g/mol. The van der Waals surface area contributed by atoms with Crippen molar-refractivity contribution >= 4 is 34.9 Å². The molecule has 0 aliphatic carbocycles. The Morgan fingerprint density at radius 1 is 1.19 bits per heavy atom. The van der Waals surface area contributed by atoms with Crippen molar-refractivity contribution in [1.29, 1.82) is 0 Å². The minimum absolute atomic E-state index is 0.00694.